The largest absolute Gasteiger partial charge is 0.462 e. The molecule has 0 unspecified atom stereocenters. The van der Waals surface area contributed by atoms with E-state index in [1.165, 1.54) is 25.9 Å². The molecule has 2 bridgehead atoms. The number of amides is 3. The fourth-order valence-electron chi connectivity index (χ4n) is 12.7. The quantitative estimate of drug-likeness (QED) is 0.0371. The number of rotatable bonds is 17. The van der Waals surface area contributed by atoms with Crippen LogP contribution in [0.1, 0.15) is 175 Å². The van der Waals surface area contributed by atoms with E-state index in [4.69, 9.17) is 33.2 Å². The number of esters is 2. The number of Topliss-reactive ketones (excluding diaryl/α,β-unsaturated/α-hetero) is 3. The summed E-state index contributed by atoms with van der Waals surface area (Å²) in [4.78, 5) is 111. The minimum absolute atomic E-state index is 0.00620. The van der Waals surface area contributed by atoms with E-state index < -0.39 is 83.7 Å². The summed E-state index contributed by atoms with van der Waals surface area (Å²) in [5, 5.41) is 29.3. The number of cyclic esters (lactones) is 1. The van der Waals surface area contributed by atoms with E-state index in [9.17, 15) is 48.6 Å². The molecular formula is C68H98I3N3O17. The number of benzene rings is 1. The van der Waals surface area contributed by atoms with Gasteiger partial charge in [-0.05, 0) is 194 Å². The van der Waals surface area contributed by atoms with Gasteiger partial charge in [0, 0.05) is 78.9 Å². The van der Waals surface area contributed by atoms with Gasteiger partial charge >= 0.3 is 11.9 Å². The Kier molecular flexibility index (Phi) is 32.3. The van der Waals surface area contributed by atoms with Gasteiger partial charge in [0.25, 0.3) is 11.7 Å². The van der Waals surface area contributed by atoms with Crippen molar-refractivity contribution in [2.24, 2.45) is 35.5 Å². The van der Waals surface area contributed by atoms with E-state index in [1.54, 1.807) is 41.1 Å². The van der Waals surface area contributed by atoms with Crippen molar-refractivity contribution in [3.63, 3.8) is 0 Å². The number of halogens is 3. The molecule has 15 atom stereocenters. The van der Waals surface area contributed by atoms with Crippen LogP contribution >= 0.6 is 67.8 Å². The number of fused-ring (bicyclic) bond motifs is 3. The number of hydrogen-bond donors (Lipinski definition) is 4. The molecule has 23 heteroatoms. The van der Waals surface area contributed by atoms with Crippen molar-refractivity contribution in [2.75, 3.05) is 51.7 Å². The van der Waals surface area contributed by atoms with Crippen LogP contribution in [0, 0.1) is 46.2 Å². The van der Waals surface area contributed by atoms with E-state index in [2.05, 4.69) is 10.6 Å². The van der Waals surface area contributed by atoms with E-state index in [1.807, 2.05) is 126 Å². The third kappa shape index (κ3) is 22.0. The molecule has 4 N–H and O–H groups in total. The number of aliphatic hydroxyl groups is 2. The molecule has 0 spiro atoms. The summed E-state index contributed by atoms with van der Waals surface area (Å²) in [7, 11) is 4.61. The summed E-state index contributed by atoms with van der Waals surface area (Å²) in [6.45, 7) is 16.1. The number of nitrogens with one attached hydrogen (secondary N) is 2. The molecule has 1 aromatic rings. The Labute approximate surface area is 579 Å². The van der Waals surface area contributed by atoms with E-state index in [0.29, 0.717) is 98.5 Å². The highest BCUT2D eigenvalue weighted by Crippen LogP contribution is 2.41. The SMILES string of the molecule is CO[C@H]1C[C@@H]2CC[C@@H](C)[C@@](O)(O2)C(=O)C(=O)N2CCCC[C@H]2C(=O)O[C@H]([C@H](C)C[C@@H]2CC[C@@H](OCCCCCCOC(=O)c3c(I)c(NC(C)=O)c(I)c(NC(C)=O)c3I)[C@H](OC)C2)CC(=O)[C@H](C)/C=C(\C)[C@@H](O)[C@@H](OC)C(=O)[C@H](C)C[C@H](C)/C=C/C=C/C=C/1C. The number of nitrogens with zero attached hydrogens (tertiary/aromatic N) is 1. The first-order valence-electron chi connectivity index (χ1n) is 32.1. The van der Waals surface area contributed by atoms with Crippen molar-refractivity contribution in [1.29, 1.82) is 0 Å². The molecule has 5 rings (SSSR count). The average Bonchev–Trinajstić information content (AvgIpc) is 1.15. The summed E-state index contributed by atoms with van der Waals surface area (Å²) in [5.74, 6) is -9.47. The van der Waals surface area contributed by atoms with Crippen LogP contribution in [0.25, 0.3) is 0 Å². The first-order valence-corrected chi connectivity index (χ1v) is 35.3. The zero-order valence-electron chi connectivity index (χ0n) is 55.1. The molecule has 2 saturated heterocycles. The number of piperidine rings is 1. The molecule has 1 aliphatic carbocycles. The smallest absolute Gasteiger partial charge is 0.340 e. The van der Waals surface area contributed by atoms with Gasteiger partial charge in [-0.3, -0.25) is 28.8 Å². The summed E-state index contributed by atoms with van der Waals surface area (Å²) >= 11 is 6.06. The number of unbranched alkanes of at least 4 members (excludes halogenated alkanes) is 3. The molecule has 508 valence electrons. The van der Waals surface area contributed by atoms with Gasteiger partial charge < -0.3 is 58.9 Å². The molecule has 0 radical (unpaired) electrons. The molecule has 1 aromatic carbocycles. The lowest BCUT2D eigenvalue weighted by Gasteiger charge is -2.42. The molecule has 91 heavy (non-hydrogen) atoms. The highest BCUT2D eigenvalue weighted by Gasteiger charge is 2.53. The van der Waals surface area contributed by atoms with Crippen molar-refractivity contribution in [3.8, 4) is 0 Å². The monoisotopic (exact) mass is 1610 g/mol. The summed E-state index contributed by atoms with van der Waals surface area (Å²) in [5.41, 5.74) is 2.35. The first kappa shape index (κ1) is 78.1. The van der Waals surface area contributed by atoms with E-state index in [0.717, 1.165) is 31.3 Å². The van der Waals surface area contributed by atoms with Gasteiger partial charge in [-0.25, -0.2) is 9.59 Å². The van der Waals surface area contributed by atoms with Crippen LogP contribution in [0.5, 0.6) is 0 Å². The third-order valence-corrected chi connectivity index (χ3v) is 21.4. The molecule has 0 aromatic heterocycles. The van der Waals surface area contributed by atoms with Gasteiger partial charge in [0.05, 0.1) is 58.7 Å². The predicted molar refractivity (Wildman–Crippen MR) is 371 cm³/mol. The molecule has 3 heterocycles. The van der Waals surface area contributed by atoms with Gasteiger partial charge in [-0.15, -0.1) is 0 Å². The topological polar surface area (TPSA) is 269 Å². The first-order chi connectivity index (χ1) is 43.1. The molecule has 3 amide bonds. The van der Waals surface area contributed by atoms with Crippen LogP contribution in [0.2, 0.25) is 0 Å². The maximum atomic E-state index is 14.7. The van der Waals surface area contributed by atoms with Crippen molar-refractivity contribution in [1.82, 2.24) is 4.90 Å². The number of methoxy groups -OCH3 is 3. The molecule has 3 aliphatic heterocycles. The minimum Gasteiger partial charge on any atom is -0.462 e. The Morgan fingerprint density at radius 1 is 0.769 bits per heavy atom. The number of aliphatic hydroxyl groups excluding tert-OH is 1. The molecule has 1 saturated carbocycles. The zero-order chi connectivity index (χ0) is 67.4. The average molecular weight is 1610 g/mol. The summed E-state index contributed by atoms with van der Waals surface area (Å²) in [6.07, 6.45) is 14.5. The second-order valence-corrected chi connectivity index (χ2v) is 28.6. The van der Waals surface area contributed by atoms with Crippen molar-refractivity contribution < 1.29 is 81.7 Å². The second kappa shape index (κ2) is 37.7. The number of anilines is 2. The number of carbonyl (C=O) groups is 8. The van der Waals surface area contributed by atoms with Gasteiger partial charge in [-0.2, -0.15) is 0 Å². The lowest BCUT2D eigenvalue weighted by Crippen LogP contribution is -2.61. The molecular weight excluding hydrogens is 1510 g/mol. The Morgan fingerprint density at radius 3 is 2.05 bits per heavy atom. The number of ketones is 3. The van der Waals surface area contributed by atoms with Crippen LogP contribution in [-0.4, -0.2) is 158 Å². The highest BCUT2D eigenvalue weighted by molar-refractivity contribution is 14.1. The third-order valence-electron chi connectivity index (χ3n) is 18.2. The van der Waals surface area contributed by atoms with Crippen LogP contribution in [0.4, 0.5) is 11.4 Å². The van der Waals surface area contributed by atoms with E-state index in [-0.39, 0.29) is 84.9 Å². The van der Waals surface area contributed by atoms with Gasteiger partial charge in [-0.1, -0.05) is 77.5 Å². The Hall–Kier alpha value is -3.55. The molecule has 3 fully saturated rings. The zero-order valence-corrected chi connectivity index (χ0v) is 61.6. The normalized spacial score (nSPS) is 32.0. The molecule has 20 nitrogen and oxygen atoms in total. The van der Waals surface area contributed by atoms with Crippen LogP contribution in [0.15, 0.2) is 47.6 Å². The number of ether oxygens (including phenoxy) is 7. The lowest BCUT2D eigenvalue weighted by molar-refractivity contribution is -0.265. The van der Waals surface area contributed by atoms with E-state index >= 15 is 0 Å². The maximum Gasteiger partial charge on any atom is 0.340 e. The highest BCUT2D eigenvalue weighted by atomic mass is 127. The van der Waals surface area contributed by atoms with Crippen LogP contribution in [-0.2, 0) is 66.7 Å². The Morgan fingerprint density at radius 2 is 1.43 bits per heavy atom. The fourth-order valence-corrected chi connectivity index (χ4v) is 16.9. The maximum absolute atomic E-state index is 14.7. The standard InChI is InChI=1S/C68H98I3N3O17/c1-38-22-16-15-17-23-39(2)52(85-10)36-48-27-25-44(7)68(84,91-48)64(80)65(81)74-29-19-18-24-49(74)66(82)90-53(37-50(77)40(3)33-43(6)62(79)63(87-12)61(78)42(5)32-38)41(4)34-47-26-28-51(54(35-47)86-11)88-30-20-13-14-21-31-89-67(83)55-56(69)59(72-45(8)75)58(71)60(57(55)70)73-46(9)76/h15-17,22-23,33,38,40-42,44,47-49,51-54,62-63,79,84H,13-14,18-21,24-32,34-37H2,1-12H3,(H,72,75)(H,73,76)/b17-15+,22-16+,39-23+,43-33+/t38-,40-,41-,42-,44-,47+,48+,49+,51-,52+,53+,54-,62-,63+,68-/m1/s1. The summed E-state index contributed by atoms with van der Waals surface area (Å²) in [6, 6.07) is -1.18. The van der Waals surface area contributed by atoms with Crippen LogP contribution < -0.4 is 10.6 Å². The van der Waals surface area contributed by atoms with Gasteiger partial charge in [0.15, 0.2) is 5.78 Å². The van der Waals surface area contributed by atoms with Crippen molar-refractivity contribution in [3.05, 3.63) is 63.9 Å². The fraction of sp³-hybridized carbons (Fsp3) is 0.676. The number of hydrogen-bond acceptors (Lipinski definition) is 17. The van der Waals surface area contributed by atoms with Gasteiger partial charge in [0.1, 0.15) is 30.1 Å². The van der Waals surface area contributed by atoms with Crippen LogP contribution in [0.3, 0.4) is 0 Å². The Balaban J connectivity index is 1.29. The number of carbonyl (C=O) groups excluding carboxylic acids is 8. The van der Waals surface area contributed by atoms with Crippen molar-refractivity contribution in [2.45, 2.75) is 220 Å². The minimum atomic E-state index is -2.46. The predicted octanol–water partition coefficient (Wildman–Crippen LogP) is 11.4. The second-order valence-electron chi connectivity index (χ2n) is 25.4. The van der Waals surface area contributed by atoms with Crippen molar-refractivity contribution >= 4 is 126 Å². The summed E-state index contributed by atoms with van der Waals surface area (Å²) < 4.78 is 43.9. The number of allylic oxidation sites excluding steroid dienone is 6. The Bertz CT molecular complexity index is 2800. The molecule has 4 aliphatic rings. The van der Waals surface area contributed by atoms with Gasteiger partial charge in [0.2, 0.25) is 17.6 Å². The lowest BCUT2D eigenvalue weighted by atomic mass is 9.78.